The Morgan fingerprint density at radius 1 is 0.872 bits per heavy atom. The lowest BCUT2D eigenvalue weighted by atomic mass is 10.0. The molecule has 0 aliphatic carbocycles. The molecule has 1 atom stereocenters. The van der Waals surface area contributed by atoms with Crippen molar-refractivity contribution < 1.29 is 19.2 Å². The molecule has 1 N–H and O–H groups in total. The van der Waals surface area contributed by atoms with Crippen LogP contribution >= 0.6 is 15.9 Å². The molecule has 1 heterocycles. The van der Waals surface area contributed by atoms with E-state index in [1.165, 1.54) is 4.90 Å². The van der Waals surface area contributed by atoms with Crippen LogP contribution in [-0.2, 0) is 22.6 Å². The first-order chi connectivity index (χ1) is 18.7. The minimum Gasteiger partial charge on any atom is -0.352 e. The fourth-order valence-corrected chi connectivity index (χ4v) is 5.19. The smallest absolute Gasteiger partial charge is 0.261 e. The molecule has 1 aliphatic heterocycles. The number of halogens is 1. The largest absolute Gasteiger partial charge is 0.352 e. The van der Waals surface area contributed by atoms with Gasteiger partial charge in [-0.2, -0.15) is 0 Å². The fraction of sp³-hybridized carbons (Fsp3) is 0.290. The Morgan fingerprint density at radius 2 is 1.49 bits per heavy atom. The van der Waals surface area contributed by atoms with Crippen LogP contribution in [0.3, 0.4) is 0 Å². The summed E-state index contributed by atoms with van der Waals surface area (Å²) in [6.07, 6.45) is 0.738. The summed E-state index contributed by atoms with van der Waals surface area (Å²) in [6, 6.07) is 23.2. The highest BCUT2D eigenvalue weighted by molar-refractivity contribution is 9.10. The highest BCUT2D eigenvalue weighted by atomic mass is 79.9. The van der Waals surface area contributed by atoms with Crippen molar-refractivity contribution in [1.29, 1.82) is 0 Å². The normalized spacial score (nSPS) is 13.4. The van der Waals surface area contributed by atoms with Crippen molar-refractivity contribution in [1.82, 2.24) is 15.1 Å². The van der Waals surface area contributed by atoms with E-state index >= 15 is 0 Å². The Hall–Kier alpha value is -3.78. The van der Waals surface area contributed by atoms with Gasteiger partial charge in [0.1, 0.15) is 6.04 Å². The number of rotatable bonds is 11. The summed E-state index contributed by atoms with van der Waals surface area (Å²) < 4.78 is 0.879. The molecular formula is C31H32BrN3O4. The Labute approximate surface area is 237 Å². The summed E-state index contributed by atoms with van der Waals surface area (Å²) in [5.41, 5.74) is 2.60. The Morgan fingerprint density at radius 3 is 2.10 bits per heavy atom. The molecule has 0 saturated heterocycles. The molecule has 4 rings (SSSR count). The lowest BCUT2D eigenvalue weighted by Gasteiger charge is -2.32. The van der Waals surface area contributed by atoms with E-state index in [-0.39, 0.29) is 49.2 Å². The van der Waals surface area contributed by atoms with E-state index < -0.39 is 6.04 Å². The molecule has 4 amide bonds. The van der Waals surface area contributed by atoms with Crippen LogP contribution in [0.5, 0.6) is 0 Å². The predicted molar refractivity (Wildman–Crippen MR) is 153 cm³/mol. The minimum absolute atomic E-state index is 0.0850. The van der Waals surface area contributed by atoms with Crippen molar-refractivity contribution in [3.05, 3.63) is 106 Å². The third kappa shape index (κ3) is 7.00. The van der Waals surface area contributed by atoms with Gasteiger partial charge in [0.2, 0.25) is 11.8 Å². The number of imide groups is 1. The Bertz CT molecular complexity index is 1320. The second-order valence-corrected chi connectivity index (χ2v) is 10.8. The van der Waals surface area contributed by atoms with Gasteiger partial charge in [-0.3, -0.25) is 24.1 Å². The zero-order chi connectivity index (χ0) is 27.9. The maximum atomic E-state index is 13.8. The van der Waals surface area contributed by atoms with Crippen molar-refractivity contribution >= 4 is 39.6 Å². The van der Waals surface area contributed by atoms with Crippen LogP contribution in [0.1, 0.15) is 58.5 Å². The molecule has 7 nitrogen and oxygen atoms in total. The zero-order valence-corrected chi connectivity index (χ0v) is 23.7. The van der Waals surface area contributed by atoms with Gasteiger partial charge in [0.25, 0.3) is 11.8 Å². The number of benzene rings is 3. The first-order valence-electron chi connectivity index (χ1n) is 13.1. The van der Waals surface area contributed by atoms with Gasteiger partial charge in [0.15, 0.2) is 0 Å². The van der Waals surface area contributed by atoms with Crippen LogP contribution in [0, 0.1) is 0 Å². The summed E-state index contributed by atoms with van der Waals surface area (Å²) in [5.74, 6) is -1.12. The van der Waals surface area contributed by atoms with Crippen LogP contribution in [-0.4, -0.2) is 52.1 Å². The van der Waals surface area contributed by atoms with Gasteiger partial charge in [-0.15, -0.1) is 0 Å². The minimum atomic E-state index is -0.736. The quantitative estimate of drug-likeness (QED) is 0.319. The van der Waals surface area contributed by atoms with Crippen LogP contribution < -0.4 is 5.32 Å². The first kappa shape index (κ1) is 28.2. The molecule has 0 bridgehead atoms. The molecule has 0 saturated carbocycles. The average Bonchev–Trinajstić information content (AvgIpc) is 3.15. The molecule has 202 valence electrons. The van der Waals surface area contributed by atoms with Crippen molar-refractivity contribution in [2.45, 2.75) is 51.7 Å². The number of hydrogen-bond acceptors (Lipinski definition) is 4. The Kier molecular flexibility index (Phi) is 9.30. The summed E-state index contributed by atoms with van der Waals surface area (Å²) in [4.78, 5) is 55.5. The molecule has 0 radical (unpaired) electrons. The summed E-state index contributed by atoms with van der Waals surface area (Å²) >= 11 is 3.49. The van der Waals surface area contributed by atoms with Crippen LogP contribution in [0.15, 0.2) is 83.3 Å². The van der Waals surface area contributed by atoms with Crippen LogP contribution in [0.25, 0.3) is 0 Å². The predicted octanol–water partition coefficient (Wildman–Crippen LogP) is 4.99. The second kappa shape index (κ2) is 12.8. The molecule has 39 heavy (non-hydrogen) atoms. The van der Waals surface area contributed by atoms with E-state index in [1.54, 1.807) is 29.2 Å². The topological polar surface area (TPSA) is 86.8 Å². The van der Waals surface area contributed by atoms with E-state index in [0.29, 0.717) is 24.0 Å². The van der Waals surface area contributed by atoms with Crippen LogP contribution in [0.2, 0.25) is 0 Å². The number of carbonyl (C=O) groups is 4. The molecular weight excluding hydrogens is 558 g/mol. The van der Waals surface area contributed by atoms with Crippen LogP contribution in [0.4, 0.5) is 0 Å². The summed E-state index contributed by atoms with van der Waals surface area (Å²) in [6.45, 7) is 4.15. The molecule has 3 aromatic carbocycles. The summed E-state index contributed by atoms with van der Waals surface area (Å²) in [5, 5.41) is 2.98. The molecule has 3 aromatic rings. The second-order valence-electron chi connectivity index (χ2n) is 9.93. The average molecular weight is 591 g/mol. The maximum absolute atomic E-state index is 13.8. The van der Waals surface area contributed by atoms with E-state index in [2.05, 4.69) is 21.2 Å². The van der Waals surface area contributed by atoms with Gasteiger partial charge in [-0.1, -0.05) is 70.5 Å². The fourth-order valence-electron chi connectivity index (χ4n) is 4.74. The van der Waals surface area contributed by atoms with E-state index in [1.807, 2.05) is 68.4 Å². The molecule has 1 aliphatic rings. The number of nitrogens with one attached hydrogen (secondary N) is 1. The van der Waals surface area contributed by atoms with Gasteiger partial charge < -0.3 is 10.2 Å². The van der Waals surface area contributed by atoms with Gasteiger partial charge in [0, 0.05) is 36.4 Å². The lowest BCUT2D eigenvalue weighted by Crippen LogP contribution is -2.51. The molecule has 0 spiro atoms. The third-order valence-corrected chi connectivity index (χ3v) is 7.09. The Balaban J connectivity index is 1.54. The molecule has 0 unspecified atom stereocenters. The first-order valence-corrected chi connectivity index (χ1v) is 13.9. The molecule has 0 aromatic heterocycles. The van der Waals surface area contributed by atoms with Gasteiger partial charge >= 0.3 is 0 Å². The number of fused-ring (bicyclic) bond motifs is 1. The van der Waals surface area contributed by atoms with E-state index in [9.17, 15) is 19.2 Å². The monoisotopic (exact) mass is 589 g/mol. The van der Waals surface area contributed by atoms with Gasteiger partial charge in [0.05, 0.1) is 11.1 Å². The van der Waals surface area contributed by atoms with Gasteiger partial charge in [-0.25, -0.2) is 0 Å². The standard InChI is InChI=1S/C31H32BrN3O4/c1-21(2)33-29(37)27(19-22-10-4-3-5-11-22)35(20-23-12-8-13-24(32)18-23)28(36)16-9-17-34-30(38)25-14-6-7-15-26(25)31(34)39/h3-8,10-15,18,21,27H,9,16-17,19-20H2,1-2H3,(H,33,37)/t27-/m1/s1. The number of nitrogens with zero attached hydrogens (tertiary/aromatic N) is 2. The van der Waals surface area contributed by atoms with Crippen molar-refractivity contribution in [3.8, 4) is 0 Å². The van der Waals surface area contributed by atoms with E-state index in [0.717, 1.165) is 15.6 Å². The van der Waals surface area contributed by atoms with Crippen molar-refractivity contribution in [3.63, 3.8) is 0 Å². The lowest BCUT2D eigenvalue weighted by molar-refractivity contribution is -0.141. The molecule has 0 fully saturated rings. The highest BCUT2D eigenvalue weighted by Crippen LogP contribution is 2.23. The number of carbonyl (C=O) groups excluding carboxylic acids is 4. The molecule has 8 heteroatoms. The SMILES string of the molecule is CC(C)NC(=O)[C@@H](Cc1ccccc1)N(Cc1cccc(Br)c1)C(=O)CCCN1C(=O)c2ccccc2C1=O. The van der Waals surface area contributed by atoms with Crippen molar-refractivity contribution in [2.75, 3.05) is 6.54 Å². The van der Waals surface area contributed by atoms with E-state index in [4.69, 9.17) is 0 Å². The maximum Gasteiger partial charge on any atom is 0.261 e. The third-order valence-electron chi connectivity index (χ3n) is 6.59. The van der Waals surface area contributed by atoms with Gasteiger partial charge in [-0.05, 0) is 55.7 Å². The van der Waals surface area contributed by atoms with Crippen molar-refractivity contribution in [2.24, 2.45) is 0 Å². The number of hydrogen-bond donors (Lipinski definition) is 1. The number of amides is 4. The highest BCUT2D eigenvalue weighted by Gasteiger charge is 2.35. The summed E-state index contributed by atoms with van der Waals surface area (Å²) in [7, 11) is 0. The zero-order valence-electron chi connectivity index (χ0n) is 22.1.